The standard InChI is InChI=1S/C17H23NO2S/c1-3-11-21(19,20)13-17(18-4-2)16-10-9-14-7-5-6-8-15(14)12-16/h5-10,12,17-18H,3-4,11,13H2,1-2H3. The van der Waals surface area contributed by atoms with Crippen LogP contribution in [0, 0.1) is 0 Å². The Hall–Kier alpha value is -1.39. The lowest BCUT2D eigenvalue weighted by Crippen LogP contribution is -2.29. The predicted molar refractivity (Wildman–Crippen MR) is 89.3 cm³/mol. The third-order valence-corrected chi connectivity index (χ3v) is 5.43. The molecule has 0 saturated carbocycles. The van der Waals surface area contributed by atoms with Crippen molar-refractivity contribution < 1.29 is 8.42 Å². The summed E-state index contributed by atoms with van der Waals surface area (Å²) in [7, 11) is -3.02. The lowest BCUT2D eigenvalue weighted by Gasteiger charge is -2.19. The molecule has 0 aliphatic carbocycles. The molecule has 0 aliphatic heterocycles. The van der Waals surface area contributed by atoms with Crippen LogP contribution in [0.2, 0.25) is 0 Å². The summed E-state index contributed by atoms with van der Waals surface area (Å²) in [5, 5.41) is 5.62. The van der Waals surface area contributed by atoms with Crippen LogP contribution in [0.25, 0.3) is 10.8 Å². The molecule has 0 radical (unpaired) electrons. The Morgan fingerprint density at radius 1 is 1.05 bits per heavy atom. The van der Waals surface area contributed by atoms with Crippen LogP contribution < -0.4 is 5.32 Å². The molecule has 2 aromatic carbocycles. The second-order valence-corrected chi connectivity index (χ2v) is 7.56. The van der Waals surface area contributed by atoms with Gasteiger partial charge in [-0.3, -0.25) is 0 Å². The van der Waals surface area contributed by atoms with Crippen LogP contribution in [0.1, 0.15) is 31.9 Å². The Morgan fingerprint density at radius 2 is 1.76 bits per heavy atom. The largest absolute Gasteiger partial charge is 0.309 e. The topological polar surface area (TPSA) is 46.2 Å². The zero-order valence-corrected chi connectivity index (χ0v) is 13.5. The third-order valence-electron chi connectivity index (χ3n) is 3.56. The number of fused-ring (bicyclic) bond motifs is 1. The summed E-state index contributed by atoms with van der Waals surface area (Å²) >= 11 is 0. The van der Waals surface area contributed by atoms with Gasteiger partial charge in [0.2, 0.25) is 0 Å². The van der Waals surface area contributed by atoms with Crippen LogP contribution in [0.4, 0.5) is 0 Å². The maximum atomic E-state index is 12.1. The molecule has 2 aromatic rings. The lowest BCUT2D eigenvalue weighted by atomic mass is 10.0. The number of hydrogen-bond donors (Lipinski definition) is 1. The molecule has 2 rings (SSSR count). The van der Waals surface area contributed by atoms with Crippen LogP contribution in [-0.2, 0) is 9.84 Å². The van der Waals surface area contributed by atoms with Crippen molar-refractivity contribution in [3.63, 3.8) is 0 Å². The molecule has 4 heteroatoms. The van der Waals surface area contributed by atoms with Crippen molar-refractivity contribution >= 4 is 20.6 Å². The van der Waals surface area contributed by atoms with E-state index in [0.29, 0.717) is 6.42 Å². The highest BCUT2D eigenvalue weighted by atomic mass is 32.2. The minimum atomic E-state index is -3.02. The fraction of sp³-hybridized carbons (Fsp3) is 0.412. The first-order valence-corrected chi connectivity index (χ1v) is 9.30. The highest BCUT2D eigenvalue weighted by Crippen LogP contribution is 2.22. The first-order chi connectivity index (χ1) is 10.1. The SMILES string of the molecule is CCCS(=O)(=O)CC(NCC)c1ccc2ccccc2c1. The molecule has 3 nitrogen and oxygen atoms in total. The van der Waals surface area contributed by atoms with Gasteiger partial charge in [0.15, 0.2) is 9.84 Å². The van der Waals surface area contributed by atoms with Gasteiger partial charge >= 0.3 is 0 Å². The minimum Gasteiger partial charge on any atom is -0.309 e. The Morgan fingerprint density at radius 3 is 2.43 bits per heavy atom. The summed E-state index contributed by atoms with van der Waals surface area (Å²) in [6.07, 6.45) is 0.666. The Kier molecular flexibility index (Phi) is 5.37. The van der Waals surface area contributed by atoms with E-state index in [2.05, 4.69) is 29.6 Å². The molecule has 0 fully saturated rings. The van der Waals surface area contributed by atoms with E-state index in [4.69, 9.17) is 0 Å². The van der Waals surface area contributed by atoms with E-state index in [1.165, 1.54) is 5.39 Å². The van der Waals surface area contributed by atoms with E-state index in [1.54, 1.807) is 0 Å². The normalized spacial score (nSPS) is 13.4. The van der Waals surface area contributed by atoms with Crippen molar-refractivity contribution in [2.24, 2.45) is 0 Å². The summed E-state index contributed by atoms with van der Waals surface area (Å²) in [6, 6.07) is 14.2. The van der Waals surface area contributed by atoms with Crippen molar-refractivity contribution in [3.8, 4) is 0 Å². The van der Waals surface area contributed by atoms with Gasteiger partial charge in [0.1, 0.15) is 0 Å². The van der Waals surface area contributed by atoms with Gasteiger partial charge in [-0.05, 0) is 35.4 Å². The maximum absolute atomic E-state index is 12.1. The summed E-state index contributed by atoms with van der Waals surface area (Å²) < 4.78 is 24.2. The number of hydrogen-bond acceptors (Lipinski definition) is 3. The second-order valence-electron chi connectivity index (χ2n) is 5.33. The van der Waals surface area contributed by atoms with E-state index in [0.717, 1.165) is 17.5 Å². The molecule has 1 unspecified atom stereocenters. The molecule has 114 valence electrons. The smallest absolute Gasteiger partial charge is 0.152 e. The van der Waals surface area contributed by atoms with Crippen LogP contribution in [0.5, 0.6) is 0 Å². The van der Waals surface area contributed by atoms with Crippen LogP contribution in [0.3, 0.4) is 0 Å². The molecule has 0 bridgehead atoms. The third kappa shape index (κ3) is 4.29. The fourth-order valence-electron chi connectivity index (χ4n) is 2.59. The molecule has 0 spiro atoms. The molecule has 0 heterocycles. The van der Waals surface area contributed by atoms with Gasteiger partial charge in [0, 0.05) is 11.8 Å². The van der Waals surface area contributed by atoms with Gasteiger partial charge in [0.25, 0.3) is 0 Å². The lowest BCUT2D eigenvalue weighted by molar-refractivity contribution is 0.558. The van der Waals surface area contributed by atoms with Gasteiger partial charge in [-0.2, -0.15) is 0 Å². The molecule has 0 aromatic heterocycles. The highest BCUT2D eigenvalue weighted by Gasteiger charge is 2.19. The van der Waals surface area contributed by atoms with Crippen LogP contribution >= 0.6 is 0 Å². The van der Waals surface area contributed by atoms with E-state index in [1.807, 2.05) is 32.0 Å². The van der Waals surface area contributed by atoms with Crippen molar-refractivity contribution in [1.29, 1.82) is 0 Å². The Balaban J connectivity index is 2.31. The zero-order valence-electron chi connectivity index (χ0n) is 12.7. The zero-order chi connectivity index (χ0) is 15.3. The van der Waals surface area contributed by atoms with Crippen molar-refractivity contribution in [2.45, 2.75) is 26.3 Å². The quantitative estimate of drug-likeness (QED) is 0.853. The minimum absolute atomic E-state index is 0.142. The first-order valence-electron chi connectivity index (χ1n) is 7.48. The van der Waals surface area contributed by atoms with E-state index < -0.39 is 9.84 Å². The van der Waals surface area contributed by atoms with Gasteiger partial charge < -0.3 is 5.32 Å². The fourth-order valence-corrected chi connectivity index (χ4v) is 4.20. The number of benzene rings is 2. The molecule has 21 heavy (non-hydrogen) atoms. The molecule has 0 aliphatic rings. The summed E-state index contributed by atoms with van der Waals surface area (Å²) in [6.45, 7) is 4.65. The molecule has 1 N–H and O–H groups in total. The average molecular weight is 305 g/mol. The number of rotatable bonds is 7. The monoisotopic (exact) mass is 305 g/mol. The summed E-state index contributed by atoms with van der Waals surface area (Å²) in [5.74, 6) is 0.412. The van der Waals surface area contributed by atoms with Crippen LogP contribution in [0.15, 0.2) is 42.5 Å². The number of sulfone groups is 1. The number of nitrogens with one attached hydrogen (secondary N) is 1. The average Bonchev–Trinajstić information content (AvgIpc) is 2.46. The van der Waals surface area contributed by atoms with Gasteiger partial charge in [0.05, 0.1) is 5.75 Å². The Bertz CT molecular complexity index is 695. The van der Waals surface area contributed by atoms with E-state index >= 15 is 0 Å². The molecule has 1 atom stereocenters. The van der Waals surface area contributed by atoms with Gasteiger partial charge in [-0.25, -0.2) is 8.42 Å². The first kappa shape index (κ1) is 16.0. The maximum Gasteiger partial charge on any atom is 0.152 e. The van der Waals surface area contributed by atoms with Crippen molar-refractivity contribution in [1.82, 2.24) is 5.32 Å². The van der Waals surface area contributed by atoms with Crippen molar-refractivity contribution in [3.05, 3.63) is 48.0 Å². The molecule has 0 saturated heterocycles. The predicted octanol–water partition coefficient (Wildman–Crippen LogP) is 3.32. The molecular formula is C17H23NO2S. The highest BCUT2D eigenvalue weighted by molar-refractivity contribution is 7.91. The van der Waals surface area contributed by atoms with Gasteiger partial charge in [-0.1, -0.05) is 50.2 Å². The molecular weight excluding hydrogens is 282 g/mol. The van der Waals surface area contributed by atoms with Gasteiger partial charge in [-0.15, -0.1) is 0 Å². The summed E-state index contributed by atoms with van der Waals surface area (Å²) in [4.78, 5) is 0. The molecule has 0 amide bonds. The van der Waals surface area contributed by atoms with E-state index in [9.17, 15) is 8.42 Å². The Labute approximate surface area is 127 Å². The summed E-state index contributed by atoms with van der Waals surface area (Å²) in [5.41, 5.74) is 1.04. The second kappa shape index (κ2) is 7.05. The van der Waals surface area contributed by atoms with Crippen molar-refractivity contribution in [2.75, 3.05) is 18.1 Å². The van der Waals surface area contributed by atoms with Crippen LogP contribution in [-0.4, -0.2) is 26.5 Å². The van der Waals surface area contributed by atoms with E-state index in [-0.39, 0.29) is 17.5 Å².